The van der Waals surface area contributed by atoms with Gasteiger partial charge in [-0.25, -0.2) is 9.97 Å². The highest BCUT2D eigenvalue weighted by atomic mass is 32.1. The lowest BCUT2D eigenvalue weighted by Crippen LogP contribution is -2.25. The highest BCUT2D eigenvalue weighted by Gasteiger charge is 2.17. The van der Waals surface area contributed by atoms with E-state index in [9.17, 15) is 0 Å². The third kappa shape index (κ3) is 4.49. The Kier molecular flexibility index (Phi) is 5.79. The van der Waals surface area contributed by atoms with Crippen molar-refractivity contribution in [2.45, 2.75) is 70.1 Å². The van der Waals surface area contributed by atoms with Crippen LogP contribution < -0.4 is 10.6 Å². The van der Waals surface area contributed by atoms with Gasteiger partial charge in [0.05, 0.1) is 11.5 Å². The monoisotopic (exact) mass is 360 g/mol. The van der Waals surface area contributed by atoms with Gasteiger partial charge in [-0.05, 0) is 31.7 Å². The summed E-state index contributed by atoms with van der Waals surface area (Å²) in [5, 5.41) is 8.40. The van der Waals surface area contributed by atoms with Crippen LogP contribution in [-0.2, 0) is 11.3 Å². The fourth-order valence-corrected chi connectivity index (χ4v) is 4.85. The molecule has 4 rings (SSSR count). The lowest BCUT2D eigenvalue weighted by Gasteiger charge is -2.17. The van der Waals surface area contributed by atoms with Crippen LogP contribution in [0.25, 0.3) is 10.2 Å². The number of ether oxygens (including phenoxy) is 1. The van der Waals surface area contributed by atoms with Gasteiger partial charge in [-0.15, -0.1) is 11.3 Å². The van der Waals surface area contributed by atoms with Crippen molar-refractivity contribution in [3.8, 4) is 0 Å². The SMILES string of the molecule is c1nc(NC2CCCCCC2)c2cc(CNCC3CCCO3)sc2n1. The minimum atomic E-state index is 0.390. The zero-order chi connectivity index (χ0) is 16.9. The molecule has 0 amide bonds. The number of nitrogens with zero attached hydrogens (tertiary/aromatic N) is 2. The molecule has 1 atom stereocenters. The molecule has 1 unspecified atom stereocenters. The van der Waals surface area contributed by atoms with Gasteiger partial charge in [-0.3, -0.25) is 0 Å². The van der Waals surface area contributed by atoms with Crippen molar-refractivity contribution in [3.63, 3.8) is 0 Å². The van der Waals surface area contributed by atoms with E-state index in [1.807, 2.05) is 0 Å². The van der Waals surface area contributed by atoms with Gasteiger partial charge >= 0.3 is 0 Å². The molecule has 1 saturated carbocycles. The maximum atomic E-state index is 5.67. The first-order valence-corrected chi connectivity index (χ1v) is 10.5. The minimum Gasteiger partial charge on any atom is -0.377 e. The van der Waals surface area contributed by atoms with Gasteiger partial charge in [0, 0.05) is 30.6 Å². The van der Waals surface area contributed by atoms with E-state index in [4.69, 9.17) is 4.74 Å². The van der Waals surface area contributed by atoms with Gasteiger partial charge in [0.15, 0.2) is 0 Å². The molecule has 136 valence electrons. The van der Waals surface area contributed by atoms with E-state index < -0.39 is 0 Å². The van der Waals surface area contributed by atoms with E-state index in [-0.39, 0.29) is 0 Å². The van der Waals surface area contributed by atoms with Crippen molar-refractivity contribution in [1.82, 2.24) is 15.3 Å². The summed E-state index contributed by atoms with van der Waals surface area (Å²) in [6, 6.07) is 2.81. The molecule has 0 bridgehead atoms. The van der Waals surface area contributed by atoms with Gasteiger partial charge in [-0.1, -0.05) is 25.7 Å². The molecule has 2 aliphatic rings. The molecular weight excluding hydrogens is 332 g/mol. The van der Waals surface area contributed by atoms with Gasteiger partial charge in [0.1, 0.15) is 17.0 Å². The second-order valence-electron chi connectivity index (χ2n) is 7.25. The van der Waals surface area contributed by atoms with Crippen LogP contribution in [0.3, 0.4) is 0 Å². The summed E-state index contributed by atoms with van der Waals surface area (Å²) in [6.45, 7) is 2.73. The van der Waals surface area contributed by atoms with Gasteiger partial charge in [-0.2, -0.15) is 0 Å². The number of hydrogen-bond donors (Lipinski definition) is 2. The Morgan fingerprint density at radius 2 is 1.96 bits per heavy atom. The number of rotatable bonds is 6. The average Bonchev–Trinajstić information content (AvgIpc) is 3.21. The lowest BCUT2D eigenvalue weighted by molar-refractivity contribution is 0.110. The molecule has 3 heterocycles. The molecule has 1 aliphatic carbocycles. The Labute approximate surface area is 153 Å². The maximum absolute atomic E-state index is 5.67. The van der Waals surface area contributed by atoms with Crippen LogP contribution in [0.4, 0.5) is 5.82 Å². The normalized spacial score (nSPS) is 22.3. The summed E-state index contributed by atoms with van der Waals surface area (Å²) in [7, 11) is 0. The van der Waals surface area contributed by atoms with Crippen molar-refractivity contribution in [1.29, 1.82) is 0 Å². The topological polar surface area (TPSA) is 59.1 Å². The van der Waals surface area contributed by atoms with Gasteiger partial charge in [0.25, 0.3) is 0 Å². The largest absolute Gasteiger partial charge is 0.377 e. The van der Waals surface area contributed by atoms with Crippen molar-refractivity contribution in [2.24, 2.45) is 0 Å². The quantitative estimate of drug-likeness (QED) is 0.760. The van der Waals surface area contributed by atoms with Gasteiger partial charge in [0.2, 0.25) is 0 Å². The van der Waals surface area contributed by atoms with Crippen LogP contribution in [0.15, 0.2) is 12.4 Å². The van der Waals surface area contributed by atoms with Crippen molar-refractivity contribution in [2.75, 3.05) is 18.5 Å². The minimum absolute atomic E-state index is 0.390. The Morgan fingerprint density at radius 1 is 1.08 bits per heavy atom. The first-order chi connectivity index (χ1) is 12.4. The highest BCUT2D eigenvalue weighted by Crippen LogP contribution is 2.30. The van der Waals surface area contributed by atoms with E-state index in [0.717, 1.165) is 30.3 Å². The van der Waals surface area contributed by atoms with E-state index in [2.05, 4.69) is 26.7 Å². The Morgan fingerprint density at radius 3 is 2.76 bits per heavy atom. The summed E-state index contributed by atoms with van der Waals surface area (Å²) in [4.78, 5) is 11.4. The zero-order valence-corrected chi connectivity index (χ0v) is 15.6. The first kappa shape index (κ1) is 17.2. The molecule has 2 N–H and O–H groups in total. The van der Waals surface area contributed by atoms with Crippen LogP contribution in [0.1, 0.15) is 56.2 Å². The molecule has 2 fully saturated rings. The van der Waals surface area contributed by atoms with Crippen molar-refractivity contribution >= 4 is 27.4 Å². The number of fused-ring (bicyclic) bond motifs is 1. The smallest absolute Gasteiger partial charge is 0.138 e. The molecule has 1 aliphatic heterocycles. The first-order valence-electron chi connectivity index (χ1n) is 9.71. The number of aromatic nitrogens is 2. The summed E-state index contributed by atoms with van der Waals surface area (Å²) >= 11 is 1.77. The third-order valence-corrected chi connectivity index (χ3v) is 6.31. The van der Waals surface area contributed by atoms with Crippen LogP contribution in [-0.4, -0.2) is 35.3 Å². The van der Waals surface area contributed by atoms with Crippen LogP contribution in [0, 0.1) is 0 Å². The fourth-order valence-electron chi connectivity index (χ4n) is 3.89. The average molecular weight is 361 g/mol. The second kappa shape index (κ2) is 8.43. The number of nitrogens with one attached hydrogen (secondary N) is 2. The predicted octanol–water partition coefficient (Wildman–Crippen LogP) is 4.09. The van der Waals surface area contributed by atoms with Crippen molar-refractivity contribution in [3.05, 3.63) is 17.3 Å². The maximum Gasteiger partial charge on any atom is 0.138 e. The lowest BCUT2D eigenvalue weighted by atomic mass is 10.1. The molecule has 0 spiro atoms. The van der Waals surface area contributed by atoms with Crippen LogP contribution >= 0.6 is 11.3 Å². The molecule has 5 nitrogen and oxygen atoms in total. The summed E-state index contributed by atoms with van der Waals surface area (Å²) in [6.07, 6.45) is 12.4. The highest BCUT2D eigenvalue weighted by molar-refractivity contribution is 7.18. The summed E-state index contributed by atoms with van der Waals surface area (Å²) < 4.78 is 5.67. The van der Waals surface area contributed by atoms with E-state index in [1.54, 1.807) is 17.7 Å². The molecule has 0 radical (unpaired) electrons. The molecule has 25 heavy (non-hydrogen) atoms. The fraction of sp³-hybridized carbons (Fsp3) is 0.684. The molecule has 6 heteroatoms. The van der Waals surface area contributed by atoms with Crippen molar-refractivity contribution < 1.29 is 4.74 Å². The molecule has 2 aromatic heterocycles. The van der Waals surface area contributed by atoms with Crippen LogP contribution in [0.2, 0.25) is 0 Å². The number of anilines is 1. The number of thiophene rings is 1. The van der Waals surface area contributed by atoms with E-state index >= 15 is 0 Å². The summed E-state index contributed by atoms with van der Waals surface area (Å²) in [5.74, 6) is 1.01. The molecule has 1 saturated heterocycles. The molecular formula is C19H28N4OS. The third-order valence-electron chi connectivity index (χ3n) is 5.27. The Balaban J connectivity index is 1.40. The predicted molar refractivity (Wildman–Crippen MR) is 103 cm³/mol. The van der Waals surface area contributed by atoms with E-state index in [1.165, 1.54) is 61.6 Å². The number of hydrogen-bond acceptors (Lipinski definition) is 6. The summed E-state index contributed by atoms with van der Waals surface area (Å²) in [5.41, 5.74) is 0. The standard InChI is InChI=1S/C19H28N4OS/c1-2-4-7-14(6-3-1)23-18-17-10-16(25-19(17)22-13-21-18)12-20-11-15-8-5-9-24-15/h10,13-15,20H,1-9,11-12H2,(H,21,22,23). The molecule has 0 aromatic carbocycles. The zero-order valence-electron chi connectivity index (χ0n) is 14.8. The Hall–Kier alpha value is -1.24. The molecule has 2 aromatic rings. The van der Waals surface area contributed by atoms with Crippen LogP contribution in [0.5, 0.6) is 0 Å². The second-order valence-corrected chi connectivity index (χ2v) is 8.37. The van der Waals surface area contributed by atoms with Gasteiger partial charge < -0.3 is 15.4 Å². The van der Waals surface area contributed by atoms with E-state index in [0.29, 0.717) is 12.1 Å². The Bertz CT molecular complexity index is 675.